The first-order valence-electron chi connectivity index (χ1n) is 6.39. The summed E-state index contributed by atoms with van der Waals surface area (Å²) in [6, 6.07) is 6.31. The number of methoxy groups -OCH3 is 1. The summed E-state index contributed by atoms with van der Waals surface area (Å²) in [7, 11) is 1.65. The average Bonchev–Trinajstić information content (AvgIpc) is 2.37. The van der Waals surface area contributed by atoms with Gasteiger partial charge in [-0.3, -0.25) is 4.79 Å². The number of halogens is 1. The fraction of sp³-hybridized carbons (Fsp3) is 0.500. The molecule has 0 saturated carbocycles. The van der Waals surface area contributed by atoms with Crippen LogP contribution in [0.5, 0.6) is 5.75 Å². The van der Waals surface area contributed by atoms with Gasteiger partial charge in [0.25, 0.3) is 0 Å². The molecule has 1 aromatic carbocycles. The van der Waals surface area contributed by atoms with Crippen molar-refractivity contribution in [3.05, 3.63) is 28.2 Å². The van der Waals surface area contributed by atoms with Crippen LogP contribution in [0.2, 0.25) is 0 Å². The summed E-state index contributed by atoms with van der Waals surface area (Å²) in [6.07, 6.45) is 2.25. The van der Waals surface area contributed by atoms with Gasteiger partial charge in [-0.05, 0) is 59.9 Å². The Balaban J connectivity index is 2.39. The Morgan fingerprint density at radius 2 is 2.21 bits per heavy atom. The summed E-state index contributed by atoms with van der Waals surface area (Å²) >= 11 is 3.48. The summed E-state index contributed by atoms with van der Waals surface area (Å²) in [6.45, 7) is 2.99. The molecule has 0 fully saturated rings. The second-order valence-electron chi connectivity index (χ2n) is 4.49. The minimum Gasteiger partial charge on any atom is -0.496 e. The van der Waals surface area contributed by atoms with E-state index in [1.54, 1.807) is 7.11 Å². The highest BCUT2D eigenvalue weighted by molar-refractivity contribution is 9.10. The van der Waals surface area contributed by atoms with Gasteiger partial charge < -0.3 is 15.8 Å². The number of rotatable bonds is 8. The van der Waals surface area contributed by atoms with Gasteiger partial charge in [0.1, 0.15) is 5.75 Å². The molecule has 4 nitrogen and oxygen atoms in total. The number of carbonyl (C=O) groups is 1. The average molecular weight is 329 g/mol. The van der Waals surface area contributed by atoms with Crippen LogP contribution < -0.4 is 15.8 Å². The van der Waals surface area contributed by atoms with Gasteiger partial charge in [0, 0.05) is 12.5 Å². The van der Waals surface area contributed by atoms with Gasteiger partial charge in [-0.15, -0.1) is 0 Å². The molecular formula is C14H21BrN2O2. The van der Waals surface area contributed by atoms with Gasteiger partial charge >= 0.3 is 0 Å². The maximum Gasteiger partial charge on any atom is 0.217 e. The molecule has 0 heterocycles. The molecule has 19 heavy (non-hydrogen) atoms. The topological polar surface area (TPSA) is 64.3 Å². The molecule has 1 rings (SSSR count). The number of amides is 1. The molecule has 1 aromatic rings. The zero-order valence-corrected chi connectivity index (χ0v) is 13.0. The Hall–Kier alpha value is -1.07. The molecule has 0 radical (unpaired) electrons. The molecule has 1 amide bonds. The molecule has 1 unspecified atom stereocenters. The number of primary amides is 1. The van der Waals surface area contributed by atoms with E-state index in [2.05, 4.69) is 34.2 Å². The van der Waals surface area contributed by atoms with E-state index >= 15 is 0 Å². The van der Waals surface area contributed by atoms with E-state index in [1.807, 2.05) is 12.1 Å². The lowest BCUT2D eigenvalue weighted by Gasteiger charge is -2.15. The molecule has 0 aliphatic heterocycles. The molecule has 0 spiro atoms. The van der Waals surface area contributed by atoms with Gasteiger partial charge in [-0.25, -0.2) is 0 Å². The molecule has 0 bridgehead atoms. The van der Waals surface area contributed by atoms with Crippen LogP contribution in [0.4, 0.5) is 0 Å². The smallest absolute Gasteiger partial charge is 0.217 e. The van der Waals surface area contributed by atoms with Crippen LogP contribution in [0, 0.1) is 0 Å². The Bertz CT molecular complexity index is 424. The van der Waals surface area contributed by atoms with Gasteiger partial charge in [-0.2, -0.15) is 0 Å². The van der Waals surface area contributed by atoms with Crippen molar-refractivity contribution >= 4 is 21.8 Å². The van der Waals surface area contributed by atoms with E-state index in [0.29, 0.717) is 6.42 Å². The third-order valence-corrected chi connectivity index (χ3v) is 3.60. The van der Waals surface area contributed by atoms with Crippen LogP contribution in [0.25, 0.3) is 0 Å². The molecule has 0 saturated heterocycles. The lowest BCUT2D eigenvalue weighted by atomic mass is 10.1. The van der Waals surface area contributed by atoms with Gasteiger partial charge in [-0.1, -0.05) is 6.07 Å². The first-order chi connectivity index (χ1) is 9.04. The van der Waals surface area contributed by atoms with E-state index in [1.165, 1.54) is 5.56 Å². The number of ether oxygens (including phenoxy) is 1. The second-order valence-corrected chi connectivity index (χ2v) is 5.35. The highest BCUT2D eigenvalue weighted by Gasteiger charge is 2.07. The van der Waals surface area contributed by atoms with Gasteiger partial charge in [0.05, 0.1) is 11.6 Å². The number of benzene rings is 1. The van der Waals surface area contributed by atoms with Crippen molar-refractivity contribution in [2.75, 3.05) is 13.7 Å². The van der Waals surface area contributed by atoms with Crippen molar-refractivity contribution in [2.24, 2.45) is 5.73 Å². The number of nitrogens with one attached hydrogen (secondary N) is 1. The van der Waals surface area contributed by atoms with Crippen molar-refractivity contribution in [2.45, 2.75) is 32.2 Å². The van der Waals surface area contributed by atoms with E-state index < -0.39 is 0 Å². The summed E-state index contributed by atoms with van der Waals surface area (Å²) in [5, 5.41) is 3.42. The van der Waals surface area contributed by atoms with Crippen LogP contribution in [0.15, 0.2) is 22.7 Å². The maximum absolute atomic E-state index is 10.6. The largest absolute Gasteiger partial charge is 0.496 e. The third kappa shape index (κ3) is 5.61. The monoisotopic (exact) mass is 328 g/mol. The zero-order chi connectivity index (χ0) is 14.3. The third-order valence-electron chi connectivity index (χ3n) is 2.98. The Labute approximate surface area is 122 Å². The Kier molecular flexibility index (Phi) is 6.87. The second kappa shape index (κ2) is 8.17. The molecule has 106 valence electrons. The molecule has 5 heteroatoms. The number of hydrogen-bond acceptors (Lipinski definition) is 3. The standard InChI is InChI=1S/C14H21BrN2O2/c1-10(17-8-4-3-5-14(16)18)11-6-7-13(19-2)12(15)9-11/h6-7,9-10,17H,3-5,8H2,1-2H3,(H2,16,18). The highest BCUT2D eigenvalue weighted by Crippen LogP contribution is 2.27. The molecular weight excluding hydrogens is 308 g/mol. The first kappa shape index (κ1) is 16.0. The summed E-state index contributed by atoms with van der Waals surface area (Å²) in [5.74, 6) is 0.601. The molecule has 3 N–H and O–H groups in total. The minimum atomic E-state index is -0.230. The first-order valence-corrected chi connectivity index (χ1v) is 7.19. The van der Waals surface area contributed by atoms with E-state index in [-0.39, 0.29) is 11.9 Å². The number of nitrogens with two attached hydrogens (primary N) is 1. The van der Waals surface area contributed by atoms with Crippen LogP contribution in [-0.2, 0) is 4.79 Å². The van der Waals surface area contributed by atoms with E-state index in [0.717, 1.165) is 29.6 Å². The van der Waals surface area contributed by atoms with Crippen molar-refractivity contribution in [1.82, 2.24) is 5.32 Å². The molecule has 0 aromatic heterocycles. The van der Waals surface area contributed by atoms with Crippen molar-refractivity contribution in [3.8, 4) is 5.75 Å². The van der Waals surface area contributed by atoms with Crippen LogP contribution in [-0.4, -0.2) is 19.6 Å². The number of hydrogen-bond donors (Lipinski definition) is 2. The highest BCUT2D eigenvalue weighted by atomic mass is 79.9. The number of unbranched alkanes of at least 4 members (excludes halogenated alkanes) is 1. The predicted molar refractivity (Wildman–Crippen MR) is 80.2 cm³/mol. The van der Waals surface area contributed by atoms with Crippen molar-refractivity contribution in [1.29, 1.82) is 0 Å². The normalized spacial score (nSPS) is 12.2. The van der Waals surface area contributed by atoms with Gasteiger partial charge in [0.2, 0.25) is 5.91 Å². The fourth-order valence-corrected chi connectivity index (χ4v) is 2.37. The van der Waals surface area contributed by atoms with Crippen LogP contribution in [0.1, 0.15) is 37.8 Å². The molecule has 1 atom stereocenters. The van der Waals surface area contributed by atoms with Crippen molar-refractivity contribution in [3.63, 3.8) is 0 Å². The summed E-state index contributed by atoms with van der Waals surface area (Å²) in [5.41, 5.74) is 6.29. The fourth-order valence-electron chi connectivity index (χ4n) is 1.81. The Morgan fingerprint density at radius 1 is 1.47 bits per heavy atom. The van der Waals surface area contributed by atoms with E-state index in [4.69, 9.17) is 10.5 Å². The van der Waals surface area contributed by atoms with Crippen LogP contribution in [0.3, 0.4) is 0 Å². The zero-order valence-electron chi connectivity index (χ0n) is 11.4. The van der Waals surface area contributed by atoms with Crippen LogP contribution >= 0.6 is 15.9 Å². The maximum atomic E-state index is 10.6. The summed E-state index contributed by atoms with van der Waals surface area (Å²) in [4.78, 5) is 10.6. The molecule has 0 aliphatic rings. The summed E-state index contributed by atoms with van der Waals surface area (Å²) < 4.78 is 6.16. The SMILES string of the molecule is COc1ccc(C(C)NCCCCC(N)=O)cc1Br. The van der Waals surface area contributed by atoms with Gasteiger partial charge in [0.15, 0.2) is 0 Å². The molecule has 0 aliphatic carbocycles. The lowest BCUT2D eigenvalue weighted by molar-refractivity contribution is -0.118. The lowest BCUT2D eigenvalue weighted by Crippen LogP contribution is -2.20. The van der Waals surface area contributed by atoms with E-state index in [9.17, 15) is 4.79 Å². The van der Waals surface area contributed by atoms with Crippen molar-refractivity contribution < 1.29 is 9.53 Å². The Morgan fingerprint density at radius 3 is 2.79 bits per heavy atom. The number of carbonyl (C=O) groups excluding carboxylic acids is 1. The quantitative estimate of drug-likeness (QED) is 0.721. The minimum absolute atomic E-state index is 0.230. The predicted octanol–water partition coefficient (Wildman–Crippen LogP) is 2.76.